The van der Waals surface area contributed by atoms with E-state index in [9.17, 15) is 5.21 Å². The molecule has 1 N–H and O–H groups in total. The van der Waals surface area contributed by atoms with Crippen molar-refractivity contribution in [2.75, 3.05) is 6.61 Å². The molecule has 1 aliphatic heterocycles. The Hall–Kier alpha value is -3.36. The van der Waals surface area contributed by atoms with Gasteiger partial charge in [-0.05, 0) is 22.3 Å². The lowest BCUT2D eigenvalue weighted by molar-refractivity contribution is -0.244. The second-order valence-corrected chi connectivity index (χ2v) is 9.67. The van der Waals surface area contributed by atoms with Crippen molar-refractivity contribution in [1.82, 2.24) is 5.06 Å². The Bertz CT molecular complexity index is 1230. The molecule has 5 rings (SSSR count). The molecule has 1 saturated heterocycles. The van der Waals surface area contributed by atoms with Gasteiger partial charge in [-0.25, -0.2) is 0 Å². The Kier molecular flexibility index (Phi) is 9.87. The monoisotopic (exact) mass is 525 g/mol. The summed E-state index contributed by atoms with van der Waals surface area (Å²) in [5.41, 5.74) is 4.14. The van der Waals surface area contributed by atoms with Crippen molar-refractivity contribution in [1.29, 1.82) is 0 Å². The van der Waals surface area contributed by atoms with Crippen LogP contribution in [0.15, 0.2) is 121 Å². The van der Waals surface area contributed by atoms with Crippen LogP contribution in [0.5, 0.6) is 0 Å². The molecular formula is C33H35NO5. The quantitative estimate of drug-likeness (QED) is 0.216. The Labute approximate surface area is 230 Å². The van der Waals surface area contributed by atoms with Gasteiger partial charge in [-0.3, -0.25) is 0 Å². The average Bonchev–Trinajstić information content (AvgIpc) is 3.34. The first-order valence-electron chi connectivity index (χ1n) is 13.3. The van der Waals surface area contributed by atoms with Crippen molar-refractivity contribution in [3.05, 3.63) is 144 Å². The van der Waals surface area contributed by atoms with E-state index in [1.54, 1.807) is 0 Å². The third kappa shape index (κ3) is 7.83. The highest BCUT2D eigenvalue weighted by atomic mass is 16.7. The molecule has 4 atom stereocenters. The molecule has 0 aliphatic carbocycles. The summed E-state index contributed by atoms with van der Waals surface area (Å²) in [6.45, 7) is 1.81. The van der Waals surface area contributed by atoms with Gasteiger partial charge in [-0.2, -0.15) is 5.06 Å². The molecule has 0 radical (unpaired) electrons. The lowest BCUT2D eigenvalue weighted by Gasteiger charge is -2.28. The van der Waals surface area contributed by atoms with Gasteiger partial charge in [0.05, 0.1) is 33.0 Å². The first kappa shape index (κ1) is 27.2. The second kappa shape index (κ2) is 14.1. The van der Waals surface area contributed by atoms with E-state index in [0.29, 0.717) is 33.0 Å². The fraction of sp³-hybridized carbons (Fsp3) is 0.273. The minimum atomic E-state index is -0.736. The number of hydrogen-bond acceptors (Lipinski definition) is 6. The van der Waals surface area contributed by atoms with Crippen LogP contribution >= 0.6 is 0 Å². The summed E-state index contributed by atoms with van der Waals surface area (Å²) in [6, 6.07) is 39.9. The molecule has 0 amide bonds. The first-order valence-corrected chi connectivity index (χ1v) is 13.3. The van der Waals surface area contributed by atoms with Crippen molar-refractivity contribution < 1.29 is 24.2 Å². The van der Waals surface area contributed by atoms with Crippen LogP contribution < -0.4 is 0 Å². The number of rotatable bonds is 13. The zero-order valence-corrected chi connectivity index (χ0v) is 21.9. The topological polar surface area (TPSA) is 60.4 Å². The van der Waals surface area contributed by atoms with Gasteiger partial charge < -0.3 is 24.2 Å². The van der Waals surface area contributed by atoms with E-state index in [4.69, 9.17) is 18.9 Å². The van der Waals surface area contributed by atoms with Gasteiger partial charge in [0, 0.05) is 0 Å². The maximum atomic E-state index is 11.2. The van der Waals surface area contributed by atoms with Gasteiger partial charge in [0.1, 0.15) is 18.3 Å². The summed E-state index contributed by atoms with van der Waals surface area (Å²) in [4.78, 5) is 0. The number of hydrogen-bond donors (Lipinski definition) is 1. The molecule has 202 valence electrons. The number of nitrogens with zero attached hydrogens (tertiary/aromatic N) is 1. The first-order chi connectivity index (χ1) is 19.3. The molecule has 1 heterocycles. The van der Waals surface area contributed by atoms with Crippen LogP contribution in [-0.2, 0) is 45.3 Å². The van der Waals surface area contributed by atoms with Crippen LogP contribution in [0, 0.1) is 0 Å². The predicted molar refractivity (Wildman–Crippen MR) is 149 cm³/mol. The van der Waals surface area contributed by atoms with Crippen molar-refractivity contribution in [2.45, 2.75) is 50.9 Å². The summed E-state index contributed by atoms with van der Waals surface area (Å²) in [7, 11) is 0. The van der Waals surface area contributed by atoms with E-state index < -0.39 is 24.5 Å². The maximum absolute atomic E-state index is 11.2. The fourth-order valence-electron chi connectivity index (χ4n) is 4.72. The summed E-state index contributed by atoms with van der Waals surface area (Å²) in [5, 5.41) is 12.4. The van der Waals surface area contributed by atoms with Crippen molar-refractivity contribution >= 4 is 0 Å². The predicted octanol–water partition coefficient (Wildman–Crippen LogP) is 5.99. The fourth-order valence-corrected chi connectivity index (χ4v) is 4.72. The Morgan fingerprint density at radius 1 is 0.564 bits per heavy atom. The van der Waals surface area contributed by atoms with E-state index in [0.717, 1.165) is 22.3 Å². The smallest absolute Gasteiger partial charge is 0.162 e. The van der Waals surface area contributed by atoms with Crippen LogP contribution in [0.1, 0.15) is 22.3 Å². The highest BCUT2D eigenvalue weighted by molar-refractivity contribution is 5.16. The number of benzene rings is 4. The molecule has 4 aromatic carbocycles. The van der Waals surface area contributed by atoms with Crippen LogP contribution in [0.2, 0.25) is 0 Å². The van der Waals surface area contributed by atoms with Crippen LogP contribution in [0.25, 0.3) is 0 Å². The van der Waals surface area contributed by atoms with Crippen LogP contribution in [0.4, 0.5) is 0 Å². The number of ether oxygens (including phenoxy) is 4. The minimum Gasteiger partial charge on any atom is -0.374 e. The number of hydroxylamine groups is 2. The molecule has 6 heteroatoms. The molecule has 39 heavy (non-hydrogen) atoms. The van der Waals surface area contributed by atoms with Gasteiger partial charge in [0.25, 0.3) is 0 Å². The molecule has 1 aliphatic rings. The van der Waals surface area contributed by atoms with Gasteiger partial charge in [-0.1, -0.05) is 121 Å². The lowest BCUT2D eigenvalue weighted by atomic mass is 10.1. The molecule has 1 fully saturated rings. The van der Waals surface area contributed by atoms with Gasteiger partial charge in [0.15, 0.2) is 6.23 Å². The Morgan fingerprint density at radius 2 is 1.00 bits per heavy atom. The van der Waals surface area contributed by atoms with Crippen LogP contribution in [-0.4, -0.2) is 41.4 Å². The summed E-state index contributed by atoms with van der Waals surface area (Å²) in [6.07, 6.45) is -2.18. The average molecular weight is 526 g/mol. The van der Waals surface area contributed by atoms with Gasteiger partial charge in [0.2, 0.25) is 0 Å². The highest BCUT2D eigenvalue weighted by Crippen LogP contribution is 2.31. The minimum absolute atomic E-state index is 0.291. The molecular weight excluding hydrogens is 490 g/mol. The van der Waals surface area contributed by atoms with E-state index in [1.807, 2.05) is 121 Å². The van der Waals surface area contributed by atoms with Crippen LogP contribution in [0.3, 0.4) is 0 Å². The Morgan fingerprint density at radius 3 is 1.51 bits per heavy atom. The zero-order valence-electron chi connectivity index (χ0n) is 21.9. The van der Waals surface area contributed by atoms with E-state index in [2.05, 4.69) is 0 Å². The molecule has 0 aromatic heterocycles. The Balaban J connectivity index is 1.35. The maximum Gasteiger partial charge on any atom is 0.162 e. The van der Waals surface area contributed by atoms with Gasteiger partial charge >= 0.3 is 0 Å². The summed E-state index contributed by atoms with van der Waals surface area (Å²) in [5.74, 6) is 0. The summed E-state index contributed by atoms with van der Waals surface area (Å²) < 4.78 is 25.4. The lowest BCUT2D eigenvalue weighted by Crippen LogP contribution is -2.44. The molecule has 6 nitrogen and oxygen atoms in total. The molecule has 0 spiro atoms. The molecule has 0 bridgehead atoms. The van der Waals surface area contributed by atoms with E-state index >= 15 is 0 Å². The molecule has 4 aromatic rings. The van der Waals surface area contributed by atoms with E-state index in [1.165, 1.54) is 5.06 Å². The van der Waals surface area contributed by atoms with Crippen molar-refractivity contribution in [3.63, 3.8) is 0 Å². The van der Waals surface area contributed by atoms with E-state index in [-0.39, 0.29) is 0 Å². The highest BCUT2D eigenvalue weighted by Gasteiger charge is 2.49. The largest absolute Gasteiger partial charge is 0.374 e. The summed E-state index contributed by atoms with van der Waals surface area (Å²) >= 11 is 0. The SMILES string of the molecule is ON(Cc1ccccc1)[C@H]1O[C@H](COCc2ccccc2)[C@@H](OCc2ccccc2)[C@@H]1OCc1ccccc1. The second-order valence-electron chi connectivity index (χ2n) is 9.67. The van der Waals surface area contributed by atoms with Gasteiger partial charge in [-0.15, -0.1) is 0 Å². The van der Waals surface area contributed by atoms with Crippen molar-refractivity contribution in [3.8, 4) is 0 Å². The zero-order chi connectivity index (χ0) is 26.7. The third-order valence-corrected chi connectivity index (χ3v) is 6.73. The molecule has 0 unspecified atom stereocenters. The molecule has 0 saturated carbocycles. The standard InChI is InChI=1S/C33H35NO5/c35-34(21-26-13-5-1-6-14-26)33-32(38-24-29-19-11-4-12-20-29)31(37-23-28-17-9-3-10-18-28)30(39-33)25-36-22-27-15-7-2-8-16-27/h1-20,30-33,35H,21-25H2/t30-,31-,32+,33+/m1/s1. The normalized spacial score (nSPS) is 20.9. The third-order valence-electron chi connectivity index (χ3n) is 6.73. The van der Waals surface area contributed by atoms with Crippen molar-refractivity contribution in [2.24, 2.45) is 0 Å².